The van der Waals surface area contributed by atoms with Crippen molar-refractivity contribution in [2.75, 3.05) is 0 Å². The summed E-state index contributed by atoms with van der Waals surface area (Å²) in [4.78, 5) is 11.2. The molecule has 2 nitrogen and oxygen atoms in total. The van der Waals surface area contributed by atoms with E-state index in [0.717, 1.165) is 12.0 Å². The zero-order chi connectivity index (χ0) is 10.4. The van der Waals surface area contributed by atoms with Crippen molar-refractivity contribution in [1.82, 2.24) is 0 Å². The quantitative estimate of drug-likeness (QED) is 0.509. The molecule has 1 aromatic heterocycles. The number of allylic oxidation sites excluding steroid dienone is 2. The summed E-state index contributed by atoms with van der Waals surface area (Å²) in [5, 5.41) is 0. The molecule has 0 aliphatic carbocycles. The predicted molar refractivity (Wildman–Crippen MR) is 56.1 cm³/mol. The van der Waals surface area contributed by atoms with Crippen LogP contribution in [0.25, 0.3) is 0 Å². The lowest BCUT2D eigenvalue weighted by Gasteiger charge is -2.10. The number of carbonyl (C=O) groups excluding carboxylic acids is 1. The molecule has 0 saturated carbocycles. The number of hydrogen-bond donors (Lipinski definition) is 0. The summed E-state index contributed by atoms with van der Waals surface area (Å²) < 4.78 is 4.99. The Morgan fingerprint density at radius 3 is 2.86 bits per heavy atom. The van der Waals surface area contributed by atoms with E-state index in [2.05, 4.69) is 13.2 Å². The highest BCUT2D eigenvalue weighted by molar-refractivity contribution is 5.89. The molecule has 0 unspecified atom stereocenters. The van der Waals surface area contributed by atoms with Gasteiger partial charge in [0.05, 0.1) is 12.5 Å². The van der Waals surface area contributed by atoms with Crippen LogP contribution in [0.3, 0.4) is 0 Å². The molecule has 0 aliphatic heterocycles. The van der Waals surface area contributed by atoms with Crippen LogP contribution < -0.4 is 0 Å². The number of furan rings is 1. The number of rotatable bonds is 6. The molecular formula is C12H14O2. The first-order valence-corrected chi connectivity index (χ1v) is 4.56. The maximum Gasteiger partial charge on any atom is 0.155 e. The molecule has 0 saturated heterocycles. The van der Waals surface area contributed by atoms with Gasteiger partial charge in [-0.15, -0.1) is 6.58 Å². The minimum atomic E-state index is 0.0538. The Morgan fingerprint density at radius 1 is 1.57 bits per heavy atom. The van der Waals surface area contributed by atoms with E-state index < -0.39 is 0 Å². The molecule has 1 rings (SSSR count). The molecule has 2 heteroatoms. The molecule has 0 fully saturated rings. The van der Waals surface area contributed by atoms with Crippen LogP contribution in [-0.2, 0) is 4.79 Å². The summed E-state index contributed by atoms with van der Waals surface area (Å²) in [6.07, 6.45) is 7.70. The summed E-state index contributed by atoms with van der Waals surface area (Å²) in [5.74, 6) is 0.217. The molecule has 1 atom stereocenters. The van der Waals surface area contributed by atoms with Crippen molar-refractivity contribution in [3.8, 4) is 0 Å². The van der Waals surface area contributed by atoms with Crippen LogP contribution in [0.4, 0.5) is 0 Å². The number of hydrogen-bond acceptors (Lipinski definition) is 2. The molecule has 0 bridgehead atoms. The van der Waals surface area contributed by atoms with E-state index in [1.54, 1.807) is 12.5 Å². The standard InChI is InChI=1S/C12H14O2/c1-3-5-10(8-12(13)4-2)11-6-7-14-9-11/h3-4,6-7,9-10H,1-2,5,8H2/t10-/m1/s1. The first-order valence-electron chi connectivity index (χ1n) is 4.56. The second-order valence-corrected chi connectivity index (χ2v) is 3.15. The third-order valence-electron chi connectivity index (χ3n) is 2.14. The Morgan fingerprint density at radius 2 is 2.36 bits per heavy atom. The van der Waals surface area contributed by atoms with Gasteiger partial charge in [-0.05, 0) is 30.0 Å². The molecule has 0 radical (unpaired) electrons. The fourth-order valence-corrected chi connectivity index (χ4v) is 1.37. The average Bonchev–Trinajstić information content (AvgIpc) is 2.69. The van der Waals surface area contributed by atoms with Gasteiger partial charge in [-0.25, -0.2) is 0 Å². The van der Waals surface area contributed by atoms with Crippen molar-refractivity contribution >= 4 is 5.78 Å². The zero-order valence-electron chi connectivity index (χ0n) is 8.11. The van der Waals surface area contributed by atoms with Crippen LogP contribution in [0, 0.1) is 0 Å². The second-order valence-electron chi connectivity index (χ2n) is 3.15. The van der Waals surface area contributed by atoms with Crippen LogP contribution in [0.2, 0.25) is 0 Å². The highest BCUT2D eigenvalue weighted by Crippen LogP contribution is 2.24. The van der Waals surface area contributed by atoms with Gasteiger partial charge in [-0.1, -0.05) is 12.7 Å². The molecule has 0 aromatic carbocycles. The molecule has 14 heavy (non-hydrogen) atoms. The normalized spacial score (nSPS) is 12.0. The predicted octanol–water partition coefficient (Wildman–Crippen LogP) is 3.08. The Labute approximate surface area is 83.9 Å². The summed E-state index contributed by atoms with van der Waals surface area (Å²) in [5.41, 5.74) is 1.04. The Bertz CT molecular complexity index is 309. The van der Waals surface area contributed by atoms with Gasteiger partial charge >= 0.3 is 0 Å². The molecular weight excluding hydrogens is 176 g/mol. The zero-order valence-corrected chi connectivity index (χ0v) is 8.11. The van der Waals surface area contributed by atoms with Crippen molar-refractivity contribution in [1.29, 1.82) is 0 Å². The minimum absolute atomic E-state index is 0.0538. The smallest absolute Gasteiger partial charge is 0.155 e. The van der Waals surface area contributed by atoms with Crippen molar-refractivity contribution in [3.05, 3.63) is 49.5 Å². The average molecular weight is 190 g/mol. The highest BCUT2D eigenvalue weighted by Gasteiger charge is 2.13. The number of carbonyl (C=O) groups is 1. The summed E-state index contributed by atoms with van der Waals surface area (Å²) in [7, 11) is 0. The van der Waals surface area contributed by atoms with Crippen molar-refractivity contribution < 1.29 is 9.21 Å². The first kappa shape index (κ1) is 10.5. The van der Waals surface area contributed by atoms with E-state index in [9.17, 15) is 4.79 Å². The van der Waals surface area contributed by atoms with Crippen LogP contribution in [-0.4, -0.2) is 5.78 Å². The molecule has 74 valence electrons. The van der Waals surface area contributed by atoms with Crippen molar-refractivity contribution in [2.45, 2.75) is 18.8 Å². The van der Waals surface area contributed by atoms with Crippen molar-refractivity contribution in [3.63, 3.8) is 0 Å². The van der Waals surface area contributed by atoms with Crippen LogP contribution in [0.5, 0.6) is 0 Å². The van der Waals surface area contributed by atoms with E-state index in [0.29, 0.717) is 6.42 Å². The van der Waals surface area contributed by atoms with Crippen LogP contribution in [0.1, 0.15) is 24.3 Å². The van der Waals surface area contributed by atoms with Gasteiger partial charge in [0.25, 0.3) is 0 Å². The van der Waals surface area contributed by atoms with E-state index >= 15 is 0 Å². The maximum absolute atomic E-state index is 11.2. The van der Waals surface area contributed by atoms with Crippen LogP contribution >= 0.6 is 0 Å². The second kappa shape index (κ2) is 5.22. The van der Waals surface area contributed by atoms with Gasteiger partial charge in [0.15, 0.2) is 5.78 Å². The Kier molecular flexibility index (Phi) is 3.92. The minimum Gasteiger partial charge on any atom is -0.472 e. The first-order chi connectivity index (χ1) is 6.77. The highest BCUT2D eigenvalue weighted by atomic mass is 16.3. The topological polar surface area (TPSA) is 30.2 Å². The van der Waals surface area contributed by atoms with Crippen LogP contribution in [0.15, 0.2) is 48.3 Å². The lowest BCUT2D eigenvalue weighted by atomic mass is 9.93. The Hall–Kier alpha value is -1.57. The van der Waals surface area contributed by atoms with Gasteiger partial charge in [0.1, 0.15) is 0 Å². The summed E-state index contributed by atoms with van der Waals surface area (Å²) in [6.45, 7) is 7.13. The molecule has 0 aliphatic rings. The van der Waals surface area contributed by atoms with E-state index in [4.69, 9.17) is 4.42 Å². The number of ketones is 1. The van der Waals surface area contributed by atoms with Gasteiger partial charge in [-0.3, -0.25) is 4.79 Å². The molecule has 0 spiro atoms. The molecule has 0 amide bonds. The van der Waals surface area contributed by atoms with Crippen molar-refractivity contribution in [2.24, 2.45) is 0 Å². The van der Waals surface area contributed by atoms with E-state index in [1.807, 2.05) is 12.1 Å². The summed E-state index contributed by atoms with van der Waals surface area (Å²) in [6, 6.07) is 1.88. The fraction of sp³-hybridized carbons (Fsp3) is 0.250. The largest absolute Gasteiger partial charge is 0.472 e. The molecule has 1 aromatic rings. The molecule has 1 heterocycles. The summed E-state index contributed by atoms with van der Waals surface area (Å²) >= 11 is 0. The van der Waals surface area contributed by atoms with E-state index in [-0.39, 0.29) is 11.7 Å². The Balaban J connectivity index is 2.69. The van der Waals surface area contributed by atoms with Gasteiger partial charge in [0, 0.05) is 6.42 Å². The molecule has 0 N–H and O–H groups in total. The third kappa shape index (κ3) is 2.73. The fourth-order valence-electron chi connectivity index (χ4n) is 1.37. The lowest BCUT2D eigenvalue weighted by Crippen LogP contribution is -2.03. The lowest BCUT2D eigenvalue weighted by molar-refractivity contribution is -0.114. The maximum atomic E-state index is 11.2. The van der Waals surface area contributed by atoms with Gasteiger partial charge in [0.2, 0.25) is 0 Å². The SMILES string of the molecule is C=CC[C@H](CC(=O)C=C)c1ccoc1. The monoisotopic (exact) mass is 190 g/mol. The van der Waals surface area contributed by atoms with E-state index in [1.165, 1.54) is 6.08 Å². The third-order valence-corrected chi connectivity index (χ3v) is 2.14. The van der Waals surface area contributed by atoms with Gasteiger partial charge in [-0.2, -0.15) is 0 Å². The van der Waals surface area contributed by atoms with Gasteiger partial charge < -0.3 is 4.42 Å².